The predicted molar refractivity (Wildman–Crippen MR) is 68.4 cm³/mol. The number of aromatic nitrogens is 2. The van der Waals surface area contributed by atoms with E-state index in [0.717, 1.165) is 49.6 Å². The largest absolute Gasteiger partial charge is 0.378 e. The summed E-state index contributed by atoms with van der Waals surface area (Å²) in [5, 5.41) is 3.16. The van der Waals surface area contributed by atoms with Crippen LogP contribution in [0.5, 0.6) is 0 Å². The lowest BCUT2D eigenvalue weighted by atomic mass is 10.1. The second kappa shape index (κ2) is 5.45. The molecule has 2 heterocycles. The number of hydrogen-bond acceptors (Lipinski definition) is 4. The molecule has 0 aromatic carbocycles. The van der Waals surface area contributed by atoms with Crippen LogP contribution in [0.4, 0.5) is 5.82 Å². The van der Waals surface area contributed by atoms with Gasteiger partial charge in [0.25, 0.3) is 0 Å². The first-order chi connectivity index (χ1) is 8.24. The molecule has 1 aromatic heterocycles. The van der Waals surface area contributed by atoms with Crippen LogP contribution in [0.2, 0.25) is 0 Å². The highest BCUT2D eigenvalue weighted by Gasteiger charge is 2.18. The summed E-state index contributed by atoms with van der Waals surface area (Å²) in [4.78, 5) is 9.17. The normalized spacial score (nSPS) is 19.6. The second-order valence-corrected chi connectivity index (χ2v) is 4.50. The molecule has 0 aliphatic carbocycles. The lowest BCUT2D eigenvalue weighted by molar-refractivity contribution is 0.110. The zero-order valence-electron chi connectivity index (χ0n) is 10.9. The summed E-state index contributed by atoms with van der Waals surface area (Å²) in [5.41, 5.74) is 2.29. The molecule has 2 rings (SSSR count). The van der Waals surface area contributed by atoms with Crippen molar-refractivity contribution >= 4 is 5.82 Å². The standard InChI is InChI=1S/C13H21N3O/c1-4-11-9(2)15-12(16-13(11)14-3)8-10-6-5-7-17-10/h10H,4-8H2,1-3H3,(H,14,15,16). The van der Waals surface area contributed by atoms with E-state index in [4.69, 9.17) is 4.74 Å². The van der Waals surface area contributed by atoms with Gasteiger partial charge in [-0.2, -0.15) is 0 Å². The highest BCUT2D eigenvalue weighted by molar-refractivity contribution is 5.45. The van der Waals surface area contributed by atoms with E-state index < -0.39 is 0 Å². The van der Waals surface area contributed by atoms with Crippen LogP contribution in [-0.2, 0) is 17.6 Å². The van der Waals surface area contributed by atoms with E-state index >= 15 is 0 Å². The average molecular weight is 235 g/mol. The first kappa shape index (κ1) is 12.3. The molecule has 1 N–H and O–H groups in total. The molecule has 1 aromatic rings. The molecular weight excluding hydrogens is 214 g/mol. The van der Waals surface area contributed by atoms with Gasteiger partial charge in [0, 0.05) is 31.3 Å². The van der Waals surface area contributed by atoms with Gasteiger partial charge in [-0.15, -0.1) is 0 Å². The molecule has 0 spiro atoms. The van der Waals surface area contributed by atoms with Crippen molar-refractivity contribution in [1.29, 1.82) is 0 Å². The van der Waals surface area contributed by atoms with E-state index in [2.05, 4.69) is 29.1 Å². The number of anilines is 1. The van der Waals surface area contributed by atoms with Crippen molar-refractivity contribution in [3.8, 4) is 0 Å². The Labute approximate surface area is 103 Å². The molecule has 94 valence electrons. The van der Waals surface area contributed by atoms with E-state index in [-0.39, 0.29) is 0 Å². The first-order valence-corrected chi connectivity index (χ1v) is 6.40. The van der Waals surface area contributed by atoms with E-state index in [9.17, 15) is 0 Å². The summed E-state index contributed by atoms with van der Waals surface area (Å²) in [6.45, 7) is 5.07. The Morgan fingerprint density at radius 1 is 1.41 bits per heavy atom. The summed E-state index contributed by atoms with van der Waals surface area (Å²) in [7, 11) is 1.91. The van der Waals surface area contributed by atoms with Gasteiger partial charge in [-0.3, -0.25) is 0 Å². The third kappa shape index (κ3) is 2.75. The predicted octanol–water partition coefficient (Wildman–Crippen LogP) is 2.11. The molecule has 4 nitrogen and oxygen atoms in total. The molecule has 0 amide bonds. The van der Waals surface area contributed by atoms with Crippen LogP contribution >= 0.6 is 0 Å². The van der Waals surface area contributed by atoms with Crippen molar-refractivity contribution in [2.45, 2.75) is 45.6 Å². The Kier molecular flexibility index (Phi) is 3.94. The summed E-state index contributed by atoms with van der Waals surface area (Å²) >= 11 is 0. The van der Waals surface area contributed by atoms with Crippen molar-refractivity contribution in [3.63, 3.8) is 0 Å². The molecule has 0 saturated carbocycles. The molecule has 4 heteroatoms. The Morgan fingerprint density at radius 2 is 2.24 bits per heavy atom. The van der Waals surface area contributed by atoms with Gasteiger partial charge in [-0.05, 0) is 26.2 Å². The Morgan fingerprint density at radius 3 is 2.82 bits per heavy atom. The van der Waals surface area contributed by atoms with Crippen molar-refractivity contribution in [2.24, 2.45) is 0 Å². The Balaban J connectivity index is 2.19. The third-order valence-electron chi connectivity index (χ3n) is 3.28. The maximum Gasteiger partial charge on any atom is 0.133 e. The zero-order valence-corrected chi connectivity index (χ0v) is 10.9. The van der Waals surface area contributed by atoms with Crippen LogP contribution in [-0.4, -0.2) is 29.7 Å². The number of hydrogen-bond donors (Lipinski definition) is 1. The molecule has 1 fully saturated rings. The monoisotopic (exact) mass is 235 g/mol. The van der Waals surface area contributed by atoms with Crippen molar-refractivity contribution < 1.29 is 4.74 Å². The summed E-state index contributed by atoms with van der Waals surface area (Å²) in [5.74, 6) is 1.86. The Hall–Kier alpha value is -1.16. The highest BCUT2D eigenvalue weighted by Crippen LogP contribution is 2.20. The van der Waals surface area contributed by atoms with E-state index in [1.807, 2.05) is 7.05 Å². The smallest absolute Gasteiger partial charge is 0.133 e. The van der Waals surface area contributed by atoms with Gasteiger partial charge in [0.2, 0.25) is 0 Å². The summed E-state index contributed by atoms with van der Waals surface area (Å²) < 4.78 is 5.63. The second-order valence-electron chi connectivity index (χ2n) is 4.50. The lowest BCUT2D eigenvalue weighted by Gasteiger charge is -2.13. The SMILES string of the molecule is CCc1c(C)nc(CC2CCCO2)nc1NC. The molecule has 1 atom stereocenters. The average Bonchev–Trinajstić information content (AvgIpc) is 2.81. The fourth-order valence-corrected chi connectivity index (χ4v) is 2.38. The van der Waals surface area contributed by atoms with Gasteiger partial charge < -0.3 is 10.1 Å². The van der Waals surface area contributed by atoms with Gasteiger partial charge in [-0.25, -0.2) is 9.97 Å². The molecule has 1 unspecified atom stereocenters. The fraction of sp³-hybridized carbons (Fsp3) is 0.692. The molecule has 0 bridgehead atoms. The van der Waals surface area contributed by atoms with Gasteiger partial charge in [0.05, 0.1) is 6.10 Å². The molecule has 17 heavy (non-hydrogen) atoms. The van der Waals surface area contributed by atoms with Crippen molar-refractivity contribution in [3.05, 3.63) is 17.1 Å². The minimum atomic E-state index is 0.312. The van der Waals surface area contributed by atoms with Crippen molar-refractivity contribution in [2.75, 3.05) is 19.0 Å². The zero-order chi connectivity index (χ0) is 12.3. The quantitative estimate of drug-likeness (QED) is 0.868. The molecule has 1 aliphatic heterocycles. The third-order valence-corrected chi connectivity index (χ3v) is 3.28. The van der Waals surface area contributed by atoms with Crippen LogP contribution < -0.4 is 5.32 Å². The fourth-order valence-electron chi connectivity index (χ4n) is 2.38. The van der Waals surface area contributed by atoms with E-state index in [0.29, 0.717) is 6.10 Å². The number of aryl methyl sites for hydroxylation is 1. The molecule has 1 saturated heterocycles. The number of nitrogens with zero attached hydrogens (tertiary/aromatic N) is 2. The Bertz CT molecular complexity index is 386. The van der Waals surface area contributed by atoms with E-state index in [1.54, 1.807) is 0 Å². The van der Waals surface area contributed by atoms with Gasteiger partial charge in [0.15, 0.2) is 0 Å². The maximum absolute atomic E-state index is 5.63. The van der Waals surface area contributed by atoms with Gasteiger partial charge >= 0.3 is 0 Å². The minimum absolute atomic E-state index is 0.312. The number of ether oxygens (including phenoxy) is 1. The van der Waals surface area contributed by atoms with Crippen molar-refractivity contribution in [1.82, 2.24) is 9.97 Å². The van der Waals surface area contributed by atoms with Crippen LogP contribution in [0, 0.1) is 6.92 Å². The van der Waals surface area contributed by atoms with Crippen LogP contribution in [0.25, 0.3) is 0 Å². The summed E-state index contributed by atoms with van der Waals surface area (Å²) in [6.07, 6.45) is 4.40. The van der Waals surface area contributed by atoms with E-state index in [1.165, 1.54) is 5.56 Å². The van der Waals surface area contributed by atoms with Gasteiger partial charge in [0.1, 0.15) is 11.6 Å². The first-order valence-electron chi connectivity index (χ1n) is 6.40. The summed E-state index contributed by atoms with van der Waals surface area (Å²) in [6, 6.07) is 0. The number of rotatable bonds is 4. The van der Waals surface area contributed by atoms with Crippen LogP contribution in [0.3, 0.4) is 0 Å². The molecule has 0 radical (unpaired) electrons. The number of nitrogens with one attached hydrogen (secondary N) is 1. The molecule has 1 aliphatic rings. The van der Waals surface area contributed by atoms with Crippen LogP contribution in [0.15, 0.2) is 0 Å². The van der Waals surface area contributed by atoms with Crippen LogP contribution in [0.1, 0.15) is 36.8 Å². The van der Waals surface area contributed by atoms with Gasteiger partial charge in [-0.1, -0.05) is 6.92 Å². The topological polar surface area (TPSA) is 47.0 Å². The molecular formula is C13H21N3O. The highest BCUT2D eigenvalue weighted by atomic mass is 16.5. The lowest BCUT2D eigenvalue weighted by Crippen LogP contribution is -2.14. The maximum atomic E-state index is 5.63. The minimum Gasteiger partial charge on any atom is -0.378 e.